The van der Waals surface area contributed by atoms with Crippen LogP contribution in [0.25, 0.3) is 0 Å². The van der Waals surface area contributed by atoms with Crippen LogP contribution in [0, 0.1) is 0 Å². The van der Waals surface area contributed by atoms with E-state index in [1.165, 1.54) is 11.1 Å². The average Bonchev–Trinajstić information content (AvgIpc) is 2.48. The summed E-state index contributed by atoms with van der Waals surface area (Å²) in [6.45, 7) is 3.92. The second kappa shape index (κ2) is 7.14. The van der Waals surface area contributed by atoms with Gasteiger partial charge in [0.05, 0.1) is 20.0 Å². The summed E-state index contributed by atoms with van der Waals surface area (Å²) in [6.07, 6.45) is 6.96. The Morgan fingerprint density at radius 1 is 1.47 bits per heavy atom. The number of pyridine rings is 1. The second-order valence-electron chi connectivity index (χ2n) is 4.69. The lowest BCUT2D eigenvalue weighted by Crippen LogP contribution is -2.34. The van der Waals surface area contributed by atoms with Gasteiger partial charge in [-0.15, -0.1) is 0 Å². The van der Waals surface area contributed by atoms with Crippen LogP contribution in [-0.2, 0) is 11.2 Å². The molecule has 0 spiro atoms. The summed E-state index contributed by atoms with van der Waals surface area (Å²) in [6, 6.07) is 4.31. The van der Waals surface area contributed by atoms with Crippen molar-refractivity contribution >= 4 is 0 Å². The van der Waals surface area contributed by atoms with Gasteiger partial charge < -0.3 is 14.8 Å². The van der Waals surface area contributed by atoms with E-state index in [0.29, 0.717) is 11.9 Å². The van der Waals surface area contributed by atoms with E-state index in [0.717, 1.165) is 32.4 Å². The molecule has 4 heteroatoms. The van der Waals surface area contributed by atoms with Gasteiger partial charge in [-0.2, -0.15) is 0 Å². The fourth-order valence-electron chi connectivity index (χ4n) is 2.31. The van der Waals surface area contributed by atoms with Crippen LogP contribution in [-0.4, -0.2) is 31.3 Å². The number of nitrogens with zero attached hydrogens (tertiary/aromatic N) is 1. The van der Waals surface area contributed by atoms with Crippen LogP contribution in [0.3, 0.4) is 0 Å². The molecular weight excluding hydrogens is 240 g/mol. The first-order chi connectivity index (χ1) is 9.33. The molecule has 104 valence electrons. The number of methoxy groups -OCH3 is 1. The molecule has 1 N–H and O–H groups in total. The molecule has 19 heavy (non-hydrogen) atoms. The molecule has 1 aromatic rings. The van der Waals surface area contributed by atoms with Crippen molar-refractivity contribution < 1.29 is 9.47 Å². The van der Waals surface area contributed by atoms with Gasteiger partial charge in [-0.3, -0.25) is 0 Å². The summed E-state index contributed by atoms with van der Waals surface area (Å²) in [5.74, 6) is 0.656. The van der Waals surface area contributed by atoms with Crippen molar-refractivity contribution in [3.8, 4) is 5.88 Å². The minimum atomic E-state index is 0.334. The van der Waals surface area contributed by atoms with Crippen molar-refractivity contribution in [3.05, 3.63) is 35.7 Å². The zero-order valence-electron chi connectivity index (χ0n) is 11.7. The molecule has 0 fully saturated rings. The Hall–Kier alpha value is -1.55. The Morgan fingerprint density at radius 3 is 2.95 bits per heavy atom. The third-order valence-corrected chi connectivity index (χ3v) is 3.31. The van der Waals surface area contributed by atoms with Crippen molar-refractivity contribution in [3.63, 3.8) is 0 Å². The first-order valence-electron chi connectivity index (χ1n) is 6.86. The lowest BCUT2D eigenvalue weighted by molar-refractivity contribution is 0.219. The van der Waals surface area contributed by atoms with Crippen molar-refractivity contribution in [2.24, 2.45) is 0 Å². The summed E-state index contributed by atoms with van der Waals surface area (Å²) in [4.78, 5) is 4.25. The van der Waals surface area contributed by atoms with E-state index < -0.39 is 0 Å². The number of rotatable bonds is 6. The number of hydrogen-bond donors (Lipinski definition) is 1. The van der Waals surface area contributed by atoms with E-state index in [-0.39, 0.29) is 0 Å². The second-order valence-corrected chi connectivity index (χ2v) is 4.69. The predicted octanol–water partition coefficient (Wildman–Crippen LogP) is 2.31. The van der Waals surface area contributed by atoms with Crippen LogP contribution >= 0.6 is 0 Å². The Morgan fingerprint density at radius 2 is 2.37 bits per heavy atom. The fraction of sp³-hybridized carbons (Fsp3) is 0.533. The van der Waals surface area contributed by atoms with Gasteiger partial charge in [-0.25, -0.2) is 4.98 Å². The summed E-state index contributed by atoms with van der Waals surface area (Å²) in [7, 11) is 1.63. The normalized spacial score (nSPS) is 16.4. The van der Waals surface area contributed by atoms with E-state index in [1.54, 1.807) is 7.11 Å². The molecule has 0 bridgehead atoms. The highest BCUT2D eigenvalue weighted by Crippen LogP contribution is 2.19. The molecule has 0 aromatic carbocycles. The van der Waals surface area contributed by atoms with Gasteiger partial charge in [0.15, 0.2) is 0 Å². The maximum Gasteiger partial charge on any atom is 0.212 e. The highest BCUT2D eigenvalue weighted by Gasteiger charge is 2.16. The quantitative estimate of drug-likeness (QED) is 0.854. The molecule has 1 aliphatic rings. The van der Waals surface area contributed by atoms with Crippen molar-refractivity contribution in [2.75, 3.05) is 20.3 Å². The summed E-state index contributed by atoms with van der Waals surface area (Å²) in [5.41, 5.74) is 2.56. The number of aromatic nitrogens is 1. The largest absolute Gasteiger partial charge is 0.501 e. The van der Waals surface area contributed by atoms with Crippen LogP contribution < -0.4 is 10.1 Å². The standard InChI is InChI=1S/C15H22N2O2/c1-3-16-14(13-5-4-8-19-11-13)9-12-6-7-15(18-2)17-10-12/h6-7,10-11,14,16H,3-5,8-9H2,1-2H3. The lowest BCUT2D eigenvalue weighted by Gasteiger charge is -2.24. The molecule has 1 atom stereocenters. The molecule has 1 aromatic heterocycles. The Balaban J connectivity index is 2.04. The number of likely N-dealkylation sites (N-methyl/N-ethyl adjacent to an activating group) is 1. The topological polar surface area (TPSA) is 43.4 Å². The van der Waals surface area contributed by atoms with Crippen LogP contribution in [0.4, 0.5) is 0 Å². The van der Waals surface area contributed by atoms with Gasteiger partial charge in [0.25, 0.3) is 0 Å². The maximum atomic E-state index is 5.45. The van der Waals surface area contributed by atoms with Crippen molar-refractivity contribution in [2.45, 2.75) is 32.2 Å². The average molecular weight is 262 g/mol. The number of nitrogens with one attached hydrogen (secondary N) is 1. The highest BCUT2D eigenvalue weighted by molar-refractivity contribution is 5.22. The van der Waals surface area contributed by atoms with E-state index >= 15 is 0 Å². The molecule has 2 rings (SSSR count). The van der Waals surface area contributed by atoms with Gasteiger partial charge in [0, 0.05) is 18.3 Å². The summed E-state index contributed by atoms with van der Waals surface area (Å²) >= 11 is 0. The minimum absolute atomic E-state index is 0.334. The van der Waals surface area contributed by atoms with Gasteiger partial charge in [0.1, 0.15) is 0 Å². The minimum Gasteiger partial charge on any atom is -0.501 e. The molecule has 2 heterocycles. The Bertz CT molecular complexity index is 415. The van der Waals surface area contributed by atoms with Gasteiger partial charge in [-0.1, -0.05) is 13.0 Å². The van der Waals surface area contributed by atoms with Gasteiger partial charge >= 0.3 is 0 Å². The smallest absolute Gasteiger partial charge is 0.212 e. The number of hydrogen-bond acceptors (Lipinski definition) is 4. The van der Waals surface area contributed by atoms with Gasteiger partial charge in [-0.05, 0) is 36.9 Å². The maximum absolute atomic E-state index is 5.45. The third-order valence-electron chi connectivity index (χ3n) is 3.31. The molecule has 0 radical (unpaired) electrons. The number of ether oxygens (including phenoxy) is 2. The van der Waals surface area contributed by atoms with E-state index in [1.807, 2.05) is 18.5 Å². The Labute approximate surface area is 114 Å². The van der Waals surface area contributed by atoms with E-state index in [2.05, 4.69) is 23.3 Å². The van der Waals surface area contributed by atoms with Crippen LogP contribution in [0.15, 0.2) is 30.2 Å². The predicted molar refractivity (Wildman–Crippen MR) is 75.2 cm³/mol. The first-order valence-corrected chi connectivity index (χ1v) is 6.86. The Kier molecular flexibility index (Phi) is 5.21. The van der Waals surface area contributed by atoms with Crippen LogP contribution in [0.5, 0.6) is 5.88 Å². The zero-order valence-corrected chi connectivity index (χ0v) is 11.7. The summed E-state index contributed by atoms with van der Waals surface area (Å²) in [5, 5.41) is 3.52. The van der Waals surface area contributed by atoms with Gasteiger partial charge in [0.2, 0.25) is 5.88 Å². The lowest BCUT2D eigenvalue weighted by atomic mass is 9.96. The monoisotopic (exact) mass is 262 g/mol. The molecule has 0 saturated carbocycles. The zero-order chi connectivity index (χ0) is 13.5. The highest BCUT2D eigenvalue weighted by atomic mass is 16.5. The molecule has 0 amide bonds. The third kappa shape index (κ3) is 3.96. The molecule has 4 nitrogen and oxygen atoms in total. The van der Waals surface area contributed by atoms with E-state index in [4.69, 9.17) is 9.47 Å². The molecule has 1 unspecified atom stereocenters. The van der Waals surface area contributed by atoms with Crippen molar-refractivity contribution in [1.29, 1.82) is 0 Å². The fourth-order valence-corrected chi connectivity index (χ4v) is 2.31. The van der Waals surface area contributed by atoms with Crippen LogP contribution in [0.1, 0.15) is 25.3 Å². The van der Waals surface area contributed by atoms with Crippen molar-refractivity contribution in [1.82, 2.24) is 10.3 Å². The summed E-state index contributed by atoms with van der Waals surface area (Å²) < 4.78 is 10.5. The first kappa shape index (κ1) is 13.9. The molecule has 0 aliphatic carbocycles. The van der Waals surface area contributed by atoms with Crippen LogP contribution in [0.2, 0.25) is 0 Å². The molecule has 1 aliphatic heterocycles. The van der Waals surface area contributed by atoms with E-state index in [9.17, 15) is 0 Å². The SMILES string of the molecule is CCNC(Cc1ccc(OC)nc1)C1=COCCC1. The molecular formula is C15H22N2O2. The molecule has 0 saturated heterocycles.